The van der Waals surface area contributed by atoms with Crippen LogP contribution in [0.1, 0.15) is 37.2 Å². The van der Waals surface area contributed by atoms with Gasteiger partial charge in [0.1, 0.15) is 0 Å². The molecule has 0 bridgehead atoms. The number of nitrogens with one attached hydrogen (secondary N) is 1. The Morgan fingerprint density at radius 2 is 2.06 bits per heavy atom. The van der Waals surface area contributed by atoms with Gasteiger partial charge in [-0.25, -0.2) is 4.98 Å². The van der Waals surface area contributed by atoms with Crippen LogP contribution in [0.3, 0.4) is 0 Å². The molecule has 1 fully saturated rings. The van der Waals surface area contributed by atoms with Crippen molar-refractivity contribution in [2.75, 3.05) is 0 Å². The van der Waals surface area contributed by atoms with E-state index in [0.29, 0.717) is 5.92 Å². The van der Waals surface area contributed by atoms with Gasteiger partial charge in [0, 0.05) is 0 Å². The molecule has 94 valence electrons. The Morgan fingerprint density at radius 1 is 1.28 bits per heavy atom. The Hall–Kier alpha value is -1.84. The summed E-state index contributed by atoms with van der Waals surface area (Å²) in [6.07, 6.45) is 5.23. The maximum Gasteiger partial charge on any atom is 0.306 e. The van der Waals surface area contributed by atoms with Crippen LogP contribution in [0.25, 0.3) is 11.0 Å². The van der Waals surface area contributed by atoms with E-state index in [9.17, 15) is 4.79 Å². The number of hydrogen-bond acceptors (Lipinski definition) is 2. The van der Waals surface area contributed by atoms with E-state index in [2.05, 4.69) is 22.1 Å². The Bertz CT molecular complexity index is 568. The first kappa shape index (κ1) is 11.3. The van der Waals surface area contributed by atoms with Crippen LogP contribution >= 0.6 is 0 Å². The number of nitrogens with zero attached hydrogens (tertiary/aromatic N) is 1. The quantitative estimate of drug-likeness (QED) is 0.853. The van der Waals surface area contributed by atoms with E-state index in [4.69, 9.17) is 5.11 Å². The van der Waals surface area contributed by atoms with Crippen molar-refractivity contribution in [3.8, 4) is 0 Å². The number of hydrogen-bond donors (Lipinski definition) is 2. The predicted molar refractivity (Wildman–Crippen MR) is 68.4 cm³/mol. The Morgan fingerprint density at radius 3 is 2.78 bits per heavy atom. The number of H-pyrrole nitrogens is 1. The van der Waals surface area contributed by atoms with Gasteiger partial charge >= 0.3 is 5.97 Å². The molecule has 0 radical (unpaired) electrons. The molecule has 0 atom stereocenters. The Balaban J connectivity index is 1.77. The highest BCUT2D eigenvalue weighted by molar-refractivity contribution is 5.75. The molecular formula is C14H16N2O2. The topological polar surface area (TPSA) is 66.0 Å². The third-order valence-corrected chi connectivity index (χ3v) is 3.99. The lowest BCUT2D eigenvalue weighted by atomic mass is 9.79. The largest absolute Gasteiger partial charge is 0.481 e. The highest BCUT2D eigenvalue weighted by Crippen LogP contribution is 2.36. The Kier molecular flexibility index (Phi) is 2.78. The smallest absolute Gasteiger partial charge is 0.306 e. The molecule has 0 spiro atoms. The maximum absolute atomic E-state index is 10.9. The molecule has 1 aliphatic carbocycles. The second-order valence-corrected chi connectivity index (χ2v) is 5.07. The van der Waals surface area contributed by atoms with Gasteiger partial charge in [-0.15, -0.1) is 0 Å². The third kappa shape index (κ3) is 1.98. The molecular weight excluding hydrogens is 228 g/mol. The SMILES string of the molecule is O=C(O)C1CCC(c2ccc3nc[nH]c3c2)CC1. The van der Waals surface area contributed by atoms with Gasteiger partial charge in [-0.05, 0) is 49.3 Å². The second-order valence-electron chi connectivity index (χ2n) is 5.07. The number of aromatic nitrogens is 2. The normalized spacial score (nSPS) is 24.2. The summed E-state index contributed by atoms with van der Waals surface area (Å²) in [5.41, 5.74) is 3.35. The average Bonchev–Trinajstić information content (AvgIpc) is 2.86. The summed E-state index contributed by atoms with van der Waals surface area (Å²) in [5, 5.41) is 9.00. The van der Waals surface area contributed by atoms with Crippen molar-refractivity contribution in [3.63, 3.8) is 0 Å². The fourth-order valence-electron chi connectivity index (χ4n) is 2.88. The monoisotopic (exact) mass is 244 g/mol. The van der Waals surface area contributed by atoms with Crippen LogP contribution in [0.2, 0.25) is 0 Å². The van der Waals surface area contributed by atoms with Crippen molar-refractivity contribution in [3.05, 3.63) is 30.1 Å². The second kappa shape index (κ2) is 4.44. The first-order chi connectivity index (χ1) is 8.74. The predicted octanol–water partition coefficient (Wildman–Crippen LogP) is 2.92. The minimum absolute atomic E-state index is 0.142. The molecule has 4 nitrogen and oxygen atoms in total. The lowest BCUT2D eigenvalue weighted by molar-refractivity contribution is -0.142. The van der Waals surface area contributed by atoms with E-state index in [1.165, 1.54) is 5.56 Å². The fourth-order valence-corrected chi connectivity index (χ4v) is 2.88. The summed E-state index contributed by atoms with van der Waals surface area (Å²) in [7, 11) is 0. The first-order valence-electron chi connectivity index (χ1n) is 6.40. The maximum atomic E-state index is 10.9. The highest BCUT2D eigenvalue weighted by atomic mass is 16.4. The van der Waals surface area contributed by atoms with Crippen molar-refractivity contribution in [1.29, 1.82) is 0 Å². The summed E-state index contributed by atoms with van der Waals surface area (Å²) in [6, 6.07) is 6.30. The standard InChI is InChI=1S/C14H16N2O2/c17-14(18)10-3-1-9(2-4-10)11-5-6-12-13(7-11)16-8-15-12/h5-10H,1-4H2,(H,15,16)(H,17,18). The molecule has 2 aromatic rings. The zero-order chi connectivity index (χ0) is 12.5. The number of aromatic amines is 1. The van der Waals surface area contributed by atoms with Crippen LogP contribution in [-0.4, -0.2) is 21.0 Å². The summed E-state index contributed by atoms with van der Waals surface area (Å²) in [6.45, 7) is 0. The van der Waals surface area contributed by atoms with Crippen molar-refractivity contribution < 1.29 is 9.90 Å². The van der Waals surface area contributed by atoms with Crippen molar-refractivity contribution in [2.45, 2.75) is 31.6 Å². The highest BCUT2D eigenvalue weighted by Gasteiger charge is 2.26. The van der Waals surface area contributed by atoms with Crippen LogP contribution in [0.15, 0.2) is 24.5 Å². The van der Waals surface area contributed by atoms with E-state index in [-0.39, 0.29) is 5.92 Å². The molecule has 4 heteroatoms. The van der Waals surface area contributed by atoms with Gasteiger partial charge in [0.05, 0.1) is 23.3 Å². The summed E-state index contributed by atoms with van der Waals surface area (Å²) < 4.78 is 0. The van der Waals surface area contributed by atoms with Gasteiger partial charge in [-0.3, -0.25) is 4.79 Å². The number of imidazole rings is 1. The molecule has 1 aliphatic rings. The molecule has 18 heavy (non-hydrogen) atoms. The molecule has 1 heterocycles. The van der Waals surface area contributed by atoms with Crippen LogP contribution in [0, 0.1) is 5.92 Å². The lowest BCUT2D eigenvalue weighted by Crippen LogP contribution is -2.20. The van der Waals surface area contributed by atoms with Gasteiger partial charge in [0.15, 0.2) is 0 Å². The number of carboxylic acids is 1. The van der Waals surface area contributed by atoms with E-state index in [0.717, 1.165) is 36.7 Å². The molecule has 3 rings (SSSR count). The van der Waals surface area contributed by atoms with Crippen LogP contribution in [-0.2, 0) is 4.79 Å². The van der Waals surface area contributed by atoms with Crippen molar-refractivity contribution in [1.82, 2.24) is 9.97 Å². The van der Waals surface area contributed by atoms with Crippen LogP contribution < -0.4 is 0 Å². The molecule has 1 saturated carbocycles. The fraction of sp³-hybridized carbons (Fsp3) is 0.429. The van der Waals surface area contributed by atoms with Gasteiger partial charge in [-0.2, -0.15) is 0 Å². The first-order valence-corrected chi connectivity index (χ1v) is 6.40. The molecule has 0 unspecified atom stereocenters. The summed E-state index contributed by atoms with van der Waals surface area (Å²) in [5.74, 6) is -0.289. The number of rotatable bonds is 2. The lowest BCUT2D eigenvalue weighted by Gasteiger charge is -2.26. The van der Waals surface area contributed by atoms with Gasteiger partial charge < -0.3 is 10.1 Å². The zero-order valence-corrected chi connectivity index (χ0v) is 10.1. The van der Waals surface area contributed by atoms with E-state index < -0.39 is 5.97 Å². The Labute approximate surface area is 105 Å². The number of benzene rings is 1. The summed E-state index contributed by atoms with van der Waals surface area (Å²) in [4.78, 5) is 18.3. The molecule has 1 aromatic carbocycles. The third-order valence-electron chi connectivity index (χ3n) is 3.99. The number of fused-ring (bicyclic) bond motifs is 1. The average molecular weight is 244 g/mol. The zero-order valence-electron chi connectivity index (χ0n) is 10.1. The van der Waals surface area contributed by atoms with Gasteiger partial charge in [0.25, 0.3) is 0 Å². The van der Waals surface area contributed by atoms with Gasteiger partial charge in [0.2, 0.25) is 0 Å². The van der Waals surface area contributed by atoms with Crippen molar-refractivity contribution in [2.24, 2.45) is 5.92 Å². The number of aliphatic carboxylic acids is 1. The van der Waals surface area contributed by atoms with Crippen LogP contribution in [0.4, 0.5) is 0 Å². The minimum Gasteiger partial charge on any atom is -0.481 e. The number of carboxylic acid groups (broad SMARTS) is 1. The van der Waals surface area contributed by atoms with Crippen molar-refractivity contribution >= 4 is 17.0 Å². The van der Waals surface area contributed by atoms with E-state index in [1.54, 1.807) is 6.33 Å². The van der Waals surface area contributed by atoms with E-state index >= 15 is 0 Å². The molecule has 0 aliphatic heterocycles. The molecule has 0 saturated heterocycles. The number of carbonyl (C=O) groups is 1. The molecule has 2 N–H and O–H groups in total. The van der Waals surface area contributed by atoms with Gasteiger partial charge in [-0.1, -0.05) is 6.07 Å². The molecule has 1 aromatic heterocycles. The van der Waals surface area contributed by atoms with E-state index in [1.807, 2.05) is 6.07 Å². The summed E-state index contributed by atoms with van der Waals surface area (Å²) >= 11 is 0. The molecule has 0 amide bonds. The minimum atomic E-state index is -0.641. The van der Waals surface area contributed by atoms with Crippen LogP contribution in [0.5, 0.6) is 0 Å².